The fourth-order valence-corrected chi connectivity index (χ4v) is 11.2. The Morgan fingerprint density at radius 1 is 0.429 bits per heavy atom. The van der Waals surface area contributed by atoms with E-state index >= 15 is 0 Å². The zero-order valence-electron chi connectivity index (χ0n) is 46.7. The van der Waals surface area contributed by atoms with Gasteiger partial charge in [-0.3, -0.25) is 0 Å². The van der Waals surface area contributed by atoms with Crippen LogP contribution in [0.25, 0.3) is 43.6 Å². The standard InChI is InChI=1S/C28H33N3.C25H25BrN2.C2H7N.4C2H6/c1-6-31-26-14-10-9-13-21(26)27-25(18-30(4)5)24(17-29(2)3)22-15-19-11-7-8-12-20(19)16-23(22)28(27)31;1-4-28-22-12-8-7-11-18(22)23-21(15-27(2)3)24(26)19-13-16-9-5-6-10-17(16)14-20(19)25(23)28;1-3-2;4*1-2/h7-14H,6,15-18H2,1-5H3;5-12H,4,13-15H2,1-3H3;3H,1-2H3;4*1-2H3. The minimum atomic E-state index is 0.934. The largest absolute Gasteiger partial charge is 0.341 e. The van der Waals surface area contributed by atoms with Crippen molar-refractivity contribution in [2.45, 2.75) is 128 Å². The van der Waals surface area contributed by atoms with Gasteiger partial charge in [-0.1, -0.05) is 156 Å². The fourth-order valence-electron chi connectivity index (χ4n) is 10.5. The highest BCUT2D eigenvalue weighted by Gasteiger charge is 2.29. The third-order valence-electron chi connectivity index (χ3n) is 12.9. The number of fused-ring (bicyclic) bond motifs is 12. The molecule has 378 valence electrons. The molecule has 0 radical (unpaired) electrons. The topological polar surface area (TPSA) is 31.6 Å². The minimum absolute atomic E-state index is 0.934. The van der Waals surface area contributed by atoms with Crippen molar-refractivity contribution in [1.29, 1.82) is 0 Å². The summed E-state index contributed by atoms with van der Waals surface area (Å²) >= 11 is 4.05. The number of nitrogens with zero attached hydrogens (tertiary/aromatic N) is 5. The van der Waals surface area contributed by atoms with Crippen LogP contribution in [0.1, 0.15) is 130 Å². The van der Waals surface area contributed by atoms with Crippen LogP contribution in [0.2, 0.25) is 0 Å². The highest BCUT2D eigenvalue weighted by molar-refractivity contribution is 9.10. The summed E-state index contributed by atoms with van der Waals surface area (Å²) in [5, 5.41) is 8.42. The minimum Gasteiger partial charge on any atom is -0.341 e. The Balaban J connectivity index is 0.000000255. The molecule has 0 fully saturated rings. The van der Waals surface area contributed by atoms with E-state index in [2.05, 4.69) is 198 Å². The van der Waals surface area contributed by atoms with Crippen molar-refractivity contribution in [1.82, 2.24) is 29.2 Å². The molecule has 2 aliphatic rings. The molecule has 7 heteroatoms. The Labute approximate surface area is 433 Å². The van der Waals surface area contributed by atoms with Crippen molar-refractivity contribution >= 4 is 59.5 Å². The van der Waals surface area contributed by atoms with Gasteiger partial charge in [-0.25, -0.2) is 0 Å². The fraction of sp³-hybridized carbons (Fsp3) is 0.429. The second-order valence-electron chi connectivity index (χ2n) is 18.1. The van der Waals surface area contributed by atoms with Gasteiger partial charge < -0.3 is 29.2 Å². The molecule has 0 bridgehead atoms. The normalized spacial score (nSPS) is 11.9. The Bertz CT molecular complexity index is 2910. The van der Waals surface area contributed by atoms with Crippen LogP contribution < -0.4 is 5.32 Å². The SMILES string of the molecule is CC.CC.CC.CC.CCn1c2ccccc2c2c(CN(C)C)c(Br)c3c(c21)Cc1ccccc1C3.CCn1c2ccccc2c2c(CN(C)C)c(CN(C)C)c3c(c21)Cc1ccccc1C3.CNC. The number of hydrogen-bond acceptors (Lipinski definition) is 4. The first kappa shape index (κ1) is 57.8. The average molecular weight is 1010 g/mol. The number of halogens is 1. The molecule has 0 unspecified atom stereocenters. The average Bonchev–Trinajstić information content (AvgIpc) is 3.91. The number of rotatable bonds is 8. The molecule has 70 heavy (non-hydrogen) atoms. The van der Waals surface area contributed by atoms with Crippen molar-refractivity contribution in [2.75, 3.05) is 56.4 Å². The van der Waals surface area contributed by atoms with E-state index in [1.54, 1.807) is 11.1 Å². The molecule has 0 aliphatic heterocycles. The molecule has 2 aliphatic carbocycles. The number of nitrogens with one attached hydrogen (secondary N) is 1. The summed E-state index contributed by atoms with van der Waals surface area (Å²) in [5.41, 5.74) is 22.1. The van der Waals surface area contributed by atoms with Crippen molar-refractivity contribution in [3.63, 3.8) is 0 Å². The maximum absolute atomic E-state index is 4.05. The molecule has 0 atom stereocenters. The van der Waals surface area contributed by atoms with E-state index in [9.17, 15) is 0 Å². The molecule has 10 rings (SSSR count). The van der Waals surface area contributed by atoms with E-state index in [0.717, 1.165) is 58.4 Å². The lowest BCUT2D eigenvalue weighted by Crippen LogP contribution is -2.22. The molecule has 1 N–H and O–H groups in total. The van der Waals surface area contributed by atoms with E-state index < -0.39 is 0 Å². The lowest BCUT2D eigenvalue weighted by molar-refractivity contribution is 0.381. The first-order valence-corrected chi connectivity index (χ1v) is 27.3. The van der Waals surface area contributed by atoms with E-state index in [1.165, 1.54) is 98.2 Å². The number of aryl methyl sites for hydroxylation is 2. The molecular weight excluding hydrogens is 921 g/mol. The summed E-state index contributed by atoms with van der Waals surface area (Å²) in [5.74, 6) is 0. The third-order valence-corrected chi connectivity index (χ3v) is 13.8. The van der Waals surface area contributed by atoms with E-state index in [4.69, 9.17) is 0 Å². The van der Waals surface area contributed by atoms with Crippen molar-refractivity contribution in [3.8, 4) is 0 Å². The third kappa shape index (κ3) is 11.9. The predicted molar refractivity (Wildman–Crippen MR) is 315 cm³/mol. The van der Waals surface area contributed by atoms with Gasteiger partial charge >= 0.3 is 0 Å². The van der Waals surface area contributed by atoms with Gasteiger partial charge in [0.25, 0.3) is 0 Å². The van der Waals surface area contributed by atoms with Crippen LogP contribution >= 0.6 is 15.9 Å². The molecular formula is C63H89BrN6. The summed E-state index contributed by atoms with van der Waals surface area (Å²) in [7, 11) is 16.8. The van der Waals surface area contributed by atoms with E-state index in [-0.39, 0.29) is 0 Å². The zero-order chi connectivity index (χ0) is 51.8. The van der Waals surface area contributed by atoms with Gasteiger partial charge in [0.2, 0.25) is 0 Å². The van der Waals surface area contributed by atoms with Crippen LogP contribution in [0.15, 0.2) is 102 Å². The lowest BCUT2D eigenvalue weighted by Gasteiger charge is -2.29. The van der Waals surface area contributed by atoms with Gasteiger partial charge in [0.15, 0.2) is 0 Å². The van der Waals surface area contributed by atoms with Crippen LogP contribution in [-0.2, 0) is 58.4 Å². The summed E-state index contributed by atoms with van der Waals surface area (Å²) in [6.07, 6.45) is 4.09. The summed E-state index contributed by atoms with van der Waals surface area (Å²) < 4.78 is 6.40. The Kier molecular flexibility index (Phi) is 22.9. The van der Waals surface area contributed by atoms with Gasteiger partial charge in [0.1, 0.15) is 0 Å². The quantitative estimate of drug-likeness (QED) is 0.164. The number of hydrogen-bond donors (Lipinski definition) is 1. The molecule has 6 aromatic carbocycles. The second kappa shape index (κ2) is 27.7. The van der Waals surface area contributed by atoms with Gasteiger partial charge in [-0.15, -0.1) is 0 Å². The number of benzene rings is 6. The number of aromatic nitrogens is 2. The van der Waals surface area contributed by atoms with Crippen LogP contribution in [-0.4, -0.2) is 80.2 Å². The van der Waals surface area contributed by atoms with Crippen LogP contribution in [0, 0.1) is 0 Å². The van der Waals surface area contributed by atoms with E-state index in [1.807, 2.05) is 69.5 Å². The van der Waals surface area contributed by atoms with Gasteiger partial charge in [-0.05, 0) is 156 Å². The van der Waals surface area contributed by atoms with Crippen molar-refractivity contribution < 1.29 is 0 Å². The van der Waals surface area contributed by atoms with Gasteiger partial charge in [-0.2, -0.15) is 0 Å². The smallest absolute Gasteiger partial charge is 0.0534 e. The zero-order valence-corrected chi connectivity index (χ0v) is 48.3. The highest BCUT2D eigenvalue weighted by Crippen LogP contribution is 2.45. The lowest BCUT2D eigenvalue weighted by atomic mass is 9.80. The first-order valence-electron chi connectivity index (χ1n) is 26.5. The van der Waals surface area contributed by atoms with Crippen LogP contribution in [0.4, 0.5) is 0 Å². The molecule has 2 aromatic heterocycles. The highest BCUT2D eigenvalue weighted by atomic mass is 79.9. The Hall–Kier alpha value is -4.76. The molecule has 8 aromatic rings. The molecule has 0 amide bonds. The monoisotopic (exact) mass is 1010 g/mol. The van der Waals surface area contributed by atoms with Crippen LogP contribution in [0.5, 0.6) is 0 Å². The van der Waals surface area contributed by atoms with Crippen molar-refractivity contribution in [2.24, 2.45) is 0 Å². The second-order valence-corrected chi connectivity index (χ2v) is 18.9. The summed E-state index contributed by atoms with van der Waals surface area (Å²) in [6, 6.07) is 35.8. The molecule has 0 saturated carbocycles. The molecule has 0 spiro atoms. The van der Waals surface area contributed by atoms with Crippen molar-refractivity contribution in [3.05, 3.63) is 163 Å². The molecule has 2 heterocycles. The summed E-state index contributed by atoms with van der Waals surface area (Å²) in [4.78, 5) is 6.94. The molecule has 6 nitrogen and oxygen atoms in total. The first-order chi connectivity index (χ1) is 34.0. The Morgan fingerprint density at radius 2 is 0.729 bits per heavy atom. The van der Waals surface area contributed by atoms with Gasteiger partial charge in [0.05, 0.1) is 11.0 Å². The van der Waals surface area contributed by atoms with Crippen LogP contribution in [0.3, 0.4) is 0 Å². The van der Waals surface area contributed by atoms with E-state index in [0.29, 0.717) is 0 Å². The predicted octanol–water partition coefficient (Wildman–Crippen LogP) is 15.5. The Morgan fingerprint density at radius 3 is 1.11 bits per heavy atom. The summed E-state index contributed by atoms with van der Waals surface area (Å²) in [6.45, 7) is 25.4. The molecule has 0 saturated heterocycles. The van der Waals surface area contributed by atoms with Gasteiger partial charge in [0, 0.05) is 82.6 Å². The maximum Gasteiger partial charge on any atom is 0.0534 e. The maximum atomic E-state index is 4.05. The number of para-hydroxylation sites is 2.